The maximum absolute atomic E-state index is 14.3. The van der Waals surface area contributed by atoms with Crippen molar-refractivity contribution in [3.8, 4) is 0 Å². The molecule has 2 nitrogen and oxygen atoms in total. The second kappa shape index (κ2) is 5.69. The highest BCUT2D eigenvalue weighted by Gasteiger charge is 2.62. The lowest BCUT2D eigenvalue weighted by molar-refractivity contribution is 0.0947. The fraction of sp³-hybridized carbons (Fsp3) is 0.350. The molecule has 1 aliphatic carbocycles. The summed E-state index contributed by atoms with van der Waals surface area (Å²) >= 11 is 0. The Morgan fingerprint density at radius 1 is 1.17 bits per heavy atom. The molecule has 1 N–H and O–H groups in total. The fourth-order valence-electron chi connectivity index (χ4n) is 3.56. The average Bonchev–Trinajstić information content (AvgIpc) is 3.07. The summed E-state index contributed by atoms with van der Waals surface area (Å²) in [6.07, 6.45) is 0.747. The SMILES string of the molecule is Cc1cccc(C(=O)NCC2(c3ccc(F)cc3F)CC2(C)C)c1. The molecule has 0 heterocycles. The largest absolute Gasteiger partial charge is 0.351 e. The van der Waals surface area contributed by atoms with Crippen molar-refractivity contribution in [1.29, 1.82) is 0 Å². The molecule has 4 heteroatoms. The summed E-state index contributed by atoms with van der Waals surface area (Å²) in [6.45, 7) is 6.33. The first-order valence-corrected chi connectivity index (χ1v) is 8.06. The molecule has 2 aromatic rings. The van der Waals surface area contributed by atoms with Crippen LogP contribution in [0, 0.1) is 24.0 Å². The van der Waals surface area contributed by atoms with Gasteiger partial charge in [0.2, 0.25) is 0 Å². The quantitative estimate of drug-likeness (QED) is 0.886. The number of nitrogens with one attached hydrogen (secondary N) is 1. The molecule has 24 heavy (non-hydrogen) atoms. The zero-order valence-corrected chi connectivity index (χ0v) is 14.1. The molecule has 0 aromatic heterocycles. The Bertz CT molecular complexity index is 800. The van der Waals surface area contributed by atoms with E-state index in [0.29, 0.717) is 17.7 Å². The van der Waals surface area contributed by atoms with Gasteiger partial charge in [0.1, 0.15) is 11.6 Å². The van der Waals surface area contributed by atoms with Crippen LogP contribution in [0.2, 0.25) is 0 Å². The van der Waals surface area contributed by atoms with Crippen molar-refractivity contribution in [3.63, 3.8) is 0 Å². The molecule has 1 aliphatic rings. The maximum atomic E-state index is 14.3. The summed E-state index contributed by atoms with van der Waals surface area (Å²) in [7, 11) is 0. The van der Waals surface area contributed by atoms with Crippen molar-refractivity contribution in [3.05, 3.63) is 70.8 Å². The van der Waals surface area contributed by atoms with Gasteiger partial charge in [-0.3, -0.25) is 4.79 Å². The highest BCUT2D eigenvalue weighted by atomic mass is 19.1. The first-order valence-electron chi connectivity index (χ1n) is 8.06. The first-order chi connectivity index (χ1) is 11.2. The van der Waals surface area contributed by atoms with Crippen molar-refractivity contribution in [2.45, 2.75) is 32.6 Å². The Kier molecular flexibility index (Phi) is 3.94. The normalized spacial score (nSPS) is 21.4. The molecule has 1 fully saturated rings. The lowest BCUT2D eigenvalue weighted by Gasteiger charge is -2.22. The van der Waals surface area contributed by atoms with Gasteiger partial charge in [-0.2, -0.15) is 0 Å². The highest BCUT2D eigenvalue weighted by molar-refractivity contribution is 5.94. The van der Waals surface area contributed by atoms with Crippen molar-refractivity contribution in [2.24, 2.45) is 5.41 Å². The summed E-state index contributed by atoms with van der Waals surface area (Å²) in [5, 5.41) is 2.93. The summed E-state index contributed by atoms with van der Waals surface area (Å²) < 4.78 is 27.5. The van der Waals surface area contributed by atoms with Crippen molar-refractivity contribution >= 4 is 5.91 Å². The van der Waals surface area contributed by atoms with Crippen molar-refractivity contribution in [1.82, 2.24) is 5.32 Å². The molecule has 1 amide bonds. The van der Waals surface area contributed by atoms with E-state index in [9.17, 15) is 13.6 Å². The van der Waals surface area contributed by atoms with Gasteiger partial charge in [0, 0.05) is 23.6 Å². The number of amides is 1. The van der Waals surface area contributed by atoms with Crippen LogP contribution in [0.1, 0.15) is 41.8 Å². The molecule has 126 valence electrons. The predicted molar refractivity (Wildman–Crippen MR) is 89.9 cm³/mol. The van der Waals surface area contributed by atoms with E-state index in [1.165, 1.54) is 12.1 Å². The van der Waals surface area contributed by atoms with E-state index in [1.54, 1.807) is 6.07 Å². The van der Waals surface area contributed by atoms with Crippen LogP contribution in [0.15, 0.2) is 42.5 Å². The Labute approximate surface area is 140 Å². The third kappa shape index (κ3) is 2.81. The standard InChI is InChI=1S/C20H21F2NO/c1-13-5-4-6-14(9-13)18(24)23-12-20(11-19(20,2)3)16-8-7-15(21)10-17(16)22/h4-10H,11-12H2,1-3H3,(H,23,24). The lowest BCUT2D eigenvalue weighted by atomic mass is 9.87. The van der Waals surface area contributed by atoms with E-state index >= 15 is 0 Å². The van der Waals surface area contributed by atoms with E-state index in [1.807, 2.05) is 39.0 Å². The zero-order valence-electron chi connectivity index (χ0n) is 14.1. The van der Waals surface area contributed by atoms with E-state index in [0.717, 1.165) is 18.1 Å². The minimum absolute atomic E-state index is 0.147. The third-order valence-electron chi connectivity index (χ3n) is 5.19. The minimum atomic E-state index is -0.589. The van der Waals surface area contributed by atoms with E-state index in [-0.39, 0.29) is 11.3 Å². The Morgan fingerprint density at radius 3 is 2.46 bits per heavy atom. The number of hydrogen-bond acceptors (Lipinski definition) is 1. The smallest absolute Gasteiger partial charge is 0.251 e. The maximum Gasteiger partial charge on any atom is 0.251 e. The van der Waals surface area contributed by atoms with Crippen LogP contribution >= 0.6 is 0 Å². The van der Waals surface area contributed by atoms with Gasteiger partial charge in [0.05, 0.1) is 0 Å². The van der Waals surface area contributed by atoms with Gasteiger partial charge in [-0.05, 0) is 42.5 Å². The van der Waals surface area contributed by atoms with E-state index < -0.39 is 17.0 Å². The number of rotatable bonds is 4. The van der Waals surface area contributed by atoms with Gasteiger partial charge in [-0.25, -0.2) is 8.78 Å². The van der Waals surface area contributed by atoms with Gasteiger partial charge < -0.3 is 5.32 Å². The highest BCUT2D eigenvalue weighted by Crippen LogP contribution is 2.64. The molecule has 0 aliphatic heterocycles. The monoisotopic (exact) mass is 329 g/mol. The van der Waals surface area contributed by atoms with Crippen LogP contribution in [0.5, 0.6) is 0 Å². The Morgan fingerprint density at radius 2 is 1.88 bits per heavy atom. The molecular weight excluding hydrogens is 308 g/mol. The number of benzene rings is 2. The summed E-state index contributed by atoms with van der Waals surface area (Å²) in [4.78, 5) is 12.4. The van der Waals surface area contributed by atoms with Gasteiger partial charge in [0.25, 0.3) is 5.91 Å². The Balaban J connectivity index is 1.82. The molecule has 1 atom stereocenters. The van der Waals surface area contributed by atoms with Gasteiger partial charge in [0.15, 0.2) is 0 Å². The number of aryl methyl sites for hydroxylation is 1. The van der Waals surface area contributed by atoms with Crippen LogP contribution in [0.3, 0.4) is 0 Å². The van der Waals surface area contributed by atoms with Crippen LogP contribution in [-0.4, -0.2) is 12.5 Å². The number of carbonyl (C=O) groups excluding carboxylic acids is 1. The number of hydrogen-bond donors (Lipinski definition) is 1. The lowest BCUT2D eigenvalue weighted by Crippen LogP contribution is -2.35. The molecule has 1 saturated carbocycles. The average molecular weight is 329 g/mol. The second-order valence-corrected chi connectivity index (χ2v) is 7.32. The number of carbonyl (C=O) groups is 1. The van der Waals surface area contributed by atoms with E-state index in [2.05, 4.69) is 5.32 Å². The summed E-state index contributed by atoms with van der Waals surface area (Å²) in [6, 6.07) is 11.0. The molecule has 3 rings (SSSR count). The van der Waals surface area contributed by atoms with Crippen LogP contribution in [0.25, 0.3) is 0 Å². The summed E-state index contributed by atoms with van der Waals surface area (Å²) in [5.41, 5.74) is 1.42. The fourth-order valence-corrected chi connectivity index (χ4v) is 3.56. The Hall–Kier alpha value is -2.23. The van der Waals surface area contributed by atoms with Crippen molar-refractivity contribution in [2.75, 3.05) is 6.54 Å². The molecule has 0 saturated heterocycles. The van der Waals surface area contributed by atoms with Crippen LogP contribution in [0.4, 0.5) is 8.78 Å². The van der Waals surface area contributed by atoms with Crippen molar-refractivity contribution < 1.29 is 13.6 Å². The molecule has 0 bridgehead atoms. The van der Waals surface area contributed by atoms with Gasteiger partial charge >= 0.3 is 0 Å². The van der Waals surface area contributed by atoms with Gasteiger partial charge in [-0.1, -0.05) is 37.6 Å². The topological polar surface area (TPSA) is 29.1 Å². The summed E-state index contributed by atoms with van der Waals surface area (Å²) in [5.74, 6) is -1.32. The molecule has 0 radical (unpaired) electrons. The molecule has 1 unspecified atom stereocenters. The second-order valence-electron chi connectivity index (χ2n) is 7.32. The van der Waals surface area contributed by atoms with E-state index in [4.69, 9.17) is 0 Å². The van der Waals surface area contributed by atoms with Gasteiger partial charge in [-0.15, -0.1) is 0 Å². The van der Waals surface area contributed by atoms with Crippen LogP contribution < -0.4 is 5.32 Å². The molecule has 2 aromatic carbocycles. The number of halogens is 2. The third-order valence-corrected chi connectivity index (χ3v) is 5.19. The predicted octanol–water partition coefficient (Wildman–Crippen LogP) is 4.37. The first kappa shape index (κ1) is 16.6. The molecule has 0 spiro atoms. The molecular formula is C20H21F2NO. The minimum Gasteiger partial charge on any atom is -0.351 e. The van der Waals surface area contributed by atoms with Crippen LogP contribution in [-0.2, 0) is 5.41 Å². The zero-order chi connectivity index (χ0) is 17.5.